The molecule has 2 heteroatoms. The summed E-state index contributed by atoms with van der Waals surface area (Å²) in [4.78, 5) is 2.49. The Morgan fingerprint density at radius 2 is 1.25 bits per heavy atom. The average Bonchev–Trinajstić information content (AvgIpc) is 3.71. The van der Waals surface area contributed by atoms with Crippen LogP contribution in [0.1, 0.15) is 61.3 Å². The number of nitrogens with zero attached hydrogens (tertiary/aromatic N) is 1. The molecule has 0 radical (unpaired) electrons. The number of hydrogen-bond acceptors (Lipinski definition) is 2. The van der Waals surface area contributed by atoms with Crippen molar-refractivity contribution in [2.45, 2.75) is 51.0 Å². The fraction of sp³-hybridized carbons (Fsp3) is 0.217. The molecule has 1 fully saturated rings. The van der Waals surface area contributed by atoms with E-state index in [0.717, 1.165) is 42.0 Å². The molecule has 2 heterocycles. The van der Waals surface area contributed by atoms with Gasteiger partial charge in [0.25, 0.3) is 0 Å². The summed E-state index contributed by atoms with van der Waals surface area (Å²) in [5, 5.41) is 2.44. The first-order valence-corrected chi connectivity index (χ1v) is 17.8. The van der Waals surface area contributed by atoms with E-state index in [1.807, 2.05) is 0 Å². The minimum Gasteiger partial charge on any atom is -0.473 e. The molecule has 0 spiro atoms. The maximum absolute atomic E-state index is 7.27. The van der Waals surface area contributed by atoms with E-state index in [2.05, 4.69) is 157 Å². The van der Waals surface area contributed by atoms with Crippen LogP contribution in [-0.4, -0.2) is 13.1 Å². The van der Waals surface area contributed by atoms with E-state index in [1.165, 1.54) is 76.4 Å². The quantitative estimate of drug-likeness (QED) is 0.148. The molecule has 8 rings (SSSR count). The number of aryl methyl sites for hydroxylation is 1. The summed E-state index contributed by atoms with van der Waals surface area (Å²) in [5.74, 6) is 0.904. The van der Waals surface area contributed by atoms with Crippen LogP contribution < -0.4 is 9.64 Å². The maximum Gasteiger partial charge on any atom is 0.178 e. The fourth-order valence-corrected chi connectivity index (χ4v) is 7.62. The Kier molecular flexibility index (Phi) is 8.32. The van der Waals surface area contributed by atoms with Gasteiger partial charge in [0.15, 0.2) is 5.60 Å². The van der Waals surface area contributed by atoms with Crippen LogP contribution in [0.3, 0.4) is 0 Å². The van der Waals surface area contributed by atoms with Crippen LogP contribution in [0.2, 0.25) is 0 Å². The van der Waals surface area contributed by atoms with E-state index in [1.54, 1.807) is 0 Å². The lowest BCUT2D eigenvalue weighted by molar-refractivity contribution is 0.161. The molecule has 2 aliphatic rings. The summed E-state index contributed by atoms with van der Waals surface area (Å²) in [6.45, 7) is 4.53. The van der Waals surface area contributed by atoms with Gasteiger partial charge < -0.3 is 9.64 Å². The van der Waals surface area contributed by atoms with Gasteiger partial charge in [-0.1, -0.05) is 135 Å². The van der Waals surface area contributed by atoms with Gasteiger partial charge in [-0.2, -0.15) is 0 Å². The Hall–Kier alpha value is -5.08. The molecule has 1 saturated heterocycles. The highest BCUT2D eigenvalue weighted by Crippen LogP contribution is 2.47. The van der Waals surface area contributed by atoms with E-state index in [-0.39, 0.29) is 0 Å². The molecule has 6 aromatic carbocycles. The van der Waals surface area contributed by atoms with Crippen molar-refractivity contribution in [1.29, 1.82) is 0 Å². The van der Waals surface area contributed by atoms with Crippen LogP contribution in [0.25, 0.3) is 39.1 Å². The standard InChI is InChI=1S/C46H43NO/c1-2-3-5-12-34-17-19-35(20-18-34)36-21-23-37(24-22-36)44-33-45-43(41-15-8-9-16-42(41)44)29-30-46(48-45,38-13-6-4-7-14-38)39-25-27-40(28-26-39)47-31-10-11-32-47/h4,6-9,13-30,33H,2-3,5,10-12,31-32H2,1H3. The fourth-order valence-electron chi connectivity index (χ4n) is 7.62. The van der Waals surface area contributed by atoms with E-state index in [4.69, 9.17) is 4.74 Å². The van der Waals surface area contributed by atoms with Gasteiger partial charge >= 0.3 is 0 Å². The molecule has 0 amide bonds. The van der Waals surface area contributed by atoms with E-state index < -0.39 is 5.60 Å². The topological polar surface area (TPSA) is 12.5 Å². The van der Waals surface area contributed by atoms with Gasteiger partial charge in [-0.05, 0) is 94.6 Å². The number of unbranched alkanes of at least 4 members (excludes halogenated alkanes) is 2. The minimum atomic E-state index is -0.732. The van der Waals surface area contributed by atoms with E-state index >= 15 is 0 Å². The molecule has 2 aliphatic heterocycles. The van der Waals surface area contributed by atoms with Crippen molar-refractivity contribution in [3.63, 3.8) is 0 Å². The van der Waals surface area contributed by atoms with Crippen LogP contribution in [0, 0.1) is 0 Å². The highest BCUT2D eigenvalue weighted by atomic mass is 16.5. The third-order valence-corrected chi connectivity index (χ3v) is 10.3. The number of hydrogen-bond donors (Lipinski definition) is 0. The zero-order chi connectivity index (χ0) is 32.3. The summed E-state index contributed by atoms with van der Waals surface area (Å²) < 4.78 is 7.27. The molecule has 48 heavy (non-hydrogen) atoms. The van der Waals surface area contributed by atoms with Crippen LogP contribution in [-0.2, 0) is 12.0 Å². The SMILES string of the molecule is CCCCCc1ccc(-c2ccc(-c3cc4c(c5ccccc35)C=CC(c3ccccc3)(c3ccc(N5CCCC5)cc3)O4)cc2)cc1. The number of anilines is 1. The van der Waals surface area contributed by atoms with Gasteiger partial charge in [-0.3, -0.25) is 0 Å². The molecule has 1 unspecified atom stereocenters. The molecular formula is C46H43NO. The molecule has 1 atom stereocenters. The second kappa shape index (κ2) is 13.2. The zero-order valence-corrected chi connectivity index (χ0v) is 27.9. The first-order valence-electron chi connectivity index (χ1n) is 17.8. The molecular weight excluding hydrogens is 583 g/mol. The highest BCUT2D eigenvalue weighted by molar-refractivity contribution is 6.03. The first-order chi connectivity index (χ1) is 23.7. The lowest BCUT2D eigenvalue weighted by atomic mass is 9.82. The van der Waals surface area contributed by atoms with Crippen molar-refractivity contribution in [3.05, 3.63) is 162 Å². The Labute approximate surface area is 285 Å². The van der Waals surface area contributed by atoms with Crippen molar-refractivity contribution in [1.82, 2.24) is 0 Å². The van der Waals surface area contributed by atoms with Crippen molar-refractivity contribution in [3.8, 4) is 28.0 Å². The lowest BCUT2D eigenvalue weighted by Crippen LogP contribution is -2.34. The van der Waals surface area contributed by atoms with Crippen LogP contribution in [0.15, 0.2) is 140 Å². The van der Waals surface area contributed by atoms with Gasteiger partial charge in [0, 0.05) is 35.5 Å². The normalized spacial score (nSPS) is 17.0. The minimum absolute atomic E-state index is 0.732. The summed E-state index contributed by atoms with van der Waals surface area (Å²) >= 11 is 0. The summed E-state index contributed by atoms with van der Waals surface area (Å²) in [5.41, 5.74) is 10.2. The van der Waals surface area contributed by atoms with Gasteiger partial charge in [-0.15, -0.1) is 0 Å². The van der Waals surface area contributed by atoms with Crippen molar-refractivity contribution >= 4 is 22.5 Å². The summed E-state index contributed by atoms with van der Waals surface area (Å²) in [6.07, 6.45) is 12.0. The average molecular weight is 626 g/mol. The highest BCUT2D eigenvalue weighted by Gasteiger charge is 2.37. The predicted molar refractivity (Wildman–Crippen MR) is 203 cm³/mol. The Morgan fingerprint density at radius 1 is 0.625 bits per heavy atom. The lowest BCUT2D eigenvalue weighted by Gasteiger charge is -2.37. The van der Waals surface area contributed by atoms with Gasteiger partial charge in [0.2, 0.25) is 0 Å². The van der Waals surface area contributed by atoms with Crippen molar-refractivity contribution in [2.75, 3.05) is 18.0 Å². The van der Waals surface area contributed by atoms with E-state index in [0.29, 0.717) is 0 Å². The number of ether oxygens (including phenoxy) is 1. The molecule has 0 aromatic heterocycles. The molecule has 2 nitrogen and oxygen atoms in total. The first kappa shape index (κ1) is 30.3. The maximum atomic E-state index is 7.27. The molecule has 0 saturated carbocycles. The van der Waals surface area contributed by atoms with Crippen LogP contribution in [0.5, 0.6) is 5.75 Å². The molecule has 6 aromatic rings. The summed E-state index contributed by atoms with van der Waals surface area (Å²) in [6, 6.07) is 48.9. The van der Waals surface area contributed by atoms with Crippen molar-refractivity contribution in [2.24, 2.45) is 0 Å². The number of rotatable bonds is 9. The number of fused-ring (bicyclic) bond motifs is 3. The Morgan fingerprint density at radius 3 is 1.96 bits per heavy atom. The van der Waals surface area contributed by atoms with Gasteiger partial charge in [0.05, 0.1) is 0 Å². The molecule has 0 aliphatic carbocycles. The van der Waals surface area contributed by atoms with Crippen molar-refractivity contribution < 1.29 is 4.74 Å². The third-order valence-electron chi connectivity index (χ3n) is 10.3. The largest absolute Gasteiger partial charge is 0.473 e. The smallest absolute Gasteiger partial charge is 0.178 e. The Bertz CT molecular complexity index is 2040. The van der Waals surface area contributed by atoms with Gasteiger partial charge in [0.1, 0.15) is 5.75 Å². The second-order valence-electron chi connectivity index (χ2n) is 13.4. The second-order valence-corrected chi connectivity index (χ2v) is 13.4. The Balaban J connectivity index is 1.16. The third kappa shape index (κ3) is 5.70. The molecule has 0 bridgehead atoms. The van der Waals surface area contributed by atoms with Crippen LogP contribution in [0.4, 0.5) is 5.69 Å². The molecule has 238 valence electrons. The molecule has 0 N–H and O–H groups in total. The predicted octanol–water partition coefficient (Wildman–Crippen LogP) is 11.9. The van der Waals surface area contributed by atoms with E-state index in [9.17, 15) is 0 Å². The zero-order valence-electron chi connectivity index (χ0n) is 27.9. The summed E-state index contributed by atoms with van der Waals surface area (Å²) in [7, 11) is 0. The van der Waals surface area contributed by atoms with Crippen LogP contribution >= 0.6 is 0 Å². The monoisotopic (exact) mass is 625 g/mol. The van der Waals surface area contributed by atoms with Gasteiger partial charge in [-0.25, -0.2) is 0 Å². The number of benzene rings is 6.